The molecule has 1 saturated heterocycles. The van der Waals surface area contributed by atoms with Gasteiger partial charge in [0.15, 0.2) is 0 Å². The van der Waals surface area contributed by atoms with E-state index in [1.54, 1.807) is 17.0 Å². The highest BCUT2D eigenvalue weighted by Crippen LogP contribution is 2.39. The Bertz CT molecular complexity index is 1230. The van der Waals surface area contributed by atoms with E-state index in [9.17, 15) is 18.8 Å². The Hall–Kier alpha value is -3.83. The summed E-state index contributed by atoms with van der Waals surface area (Å²) >= 11 is 0. The van der Waals surface area contributed by atoms with Gasteiger partial charge in [0, 0.05) is 37.3 Å². The van der Waals surface area contributed by atoms with Gasteiger partial charge in [-0.2, -0.15) is 14.0 Å². The number of likely N-dealkylation sites (tertiary alicyclic amines) is 1. The summed E-state index contributed by atoms with van der Waals surface area (Å²) in [6, 6.07) is 21.5. The molecule has 1 fully saturated rings. The Labute approximate surface area is 215 Å². The number of alkyl halides is 2. The van der Waals surface area contributed by atoms with Gasteiger partial charge in [-0.25, -0.2) is 0 Å². The fourth-order valence-electron chi connectivity index (χ4n) is 5.23. The molecule has 37 heavy (non-hydrogen) atoms. The molecule has 0 aliphatic carbocycles. The Morgan fingerprint density at radius 1 is 1.08 bits per heavy atom. The van der Waals surface area contributed by atoms with Gasteiger partial charge >= 0.3 is 6.61 Å². The molecule has 4 rings (SSSR count). The van der Waals surface area contributed by atoms with E-state index in [2.05, 4.69) is 27.9 Å². The van der Waals surface area contributed by atoms with E-state index in [0.29, 0.717) is 42.7 Å². The molecule has 2 heterocycles. The third kappa shape index (κ3) is 6.89. The maximum atomic E-state index is 13.4. The minimum absolute atomic E-state index is 0.0183. The van der Waals surface area contributed by atoms with Gasteiger partial charge in [0.2, 0.25) is 0 Å². The first-order valence-electron chi connectivity index (χ1n) is 12.4. The molecule has 8 heteroatoms. The molecule has 0 bridgehead atoms. The third-order valence-electron chi connectivity index (χ3n) is 6.95. The van der Waals surface area contributed by atoms with E-state index in [0.717, 1.165) is 17.5 Å². The van der Waals surface area contributed by atoms with Crippen molar-refractivity contribution in [2.75, 3.05) is 25.4 Å². The summed E-state index contributed by atoms with van der Waals surface area (Å²) in [7, 11) is 0. The van der Waals surface area contributed by atoms with Crippen LogP contribution < -0.4 is 5.73 Å². The van der Waals surface area contributed by atoms with Gasteiger partial charge in [-0.15, -0.1) is 0 Å². The zero-order valence-electron chi connectivity index (χ0n) is 20.5. The zero-order chi connectivity index (χ0) is 26.2. The molecule has 0 saturated carbocycles. The van der Waals surface area contributed by atoms with Gasteiger partial charge in [0.1, 0.15) is 0 Å². The molecule has 2 N–H and O–H groups in total. The van der Waals surface area contributed by atoms with Crippen LogP contribution in [-0.2, 0) is 4.74 Å². The van der Waals surface area contributed by atoms with E-state index in [1.165, 1.54) is 12.4 Å². The SMILES string of the molecule is N#Cc1cccc([C@H](c2ccccc2)C2CC[C@H](COC(F)F)CN(C(=O)c3cncc(N)c3)CC2)c1. The van der Waals surface area contributed by atoms with E-state index < -0.39 is 6.61 Å². The molecule has 1 aliphatic heterocycles. The molecule has 0 radical (unpaired) electrons. The summed E-state index contributed by atoms with van der Waals surface area (Å²) in [5, 5.41) is 9.49. The predicted molar refractivity (Wildman–Crippen MR) is 137 cm³/mol. The van der Waals surface area contributed by atoms with Crippen molar-refractivity contribution in [3.63, 3.8) is 0 Å². The van der Waals surface area contributed by atoms with Crippen molar-refractivity contribution in [3.8, 4) is 6.07 Å². The van der Waals surface area contributed by atoms with Crippen LogP contribution >= 0.6 is 0 Å². The van der Waals surface area contributed by atoms with E-state index in [4.69, 9.17) is 5.73 Å². The number of amides is 1. The molecule has 2 aromatic carbocycles. The number of nitrogens with zero attached hydrogens (tertiary/aromatic N) is 3. The monoisotopic (exact) mass is 504 g/mol. The maximum absolute atomic E-state index is 13.4. The van der Waals surface area contributed by atoms with Crippen LogP contribution in [-0.4, -0.2) is 42.1 Å². The van der Waals surface area contributed by atoms with Crippen LogP contribution in [0.4, 0.5) is 14.5 Å². The number of anilines is 1. The second-order valence-corrected chi connectivity index (χ2v) is 9.47. The van der Waals surface area contributed by atoms with Crippen LogP contribution in [0.3, 0.4) is 0 Å². The largest absolute Gasteiger partial charge is 0.397 e. The van der Waals surface area contributed by atoms with Crippen LogP contribution in [0.2, 0.25) is 0 Å². The van der Waals surface area contributed by atoms with Crippen LogP contribution in [0.1, 0.15) is 52.2 Å². The first kappa shape index (κ1) is 26.2. The highest BCUT2D eigenvalue weighted by Gasteiger charge is 2.31. The Morgan fingerprint density at radius 3 is 2.59 bits per heavy atom. The van der Waals surface area contributed by atoms with Gasteiger partial charge in [-0.3, -0.25) is 9.78 Å². The van der Waals surface area contributed by atoms with Gasteiger partial charge in [-0.05, 0) is 54.5 Å². The van der Waals surface area contributed by atoms with Crippen molar-refractivity contribution in [1.29, 1.82) is 5.26 Å². The highest BCUT2D eigenvalue weighted by molar-refractivity contribution is 5.94. The smallest absolute Gasteiger partial charge is 0.345 e. The lowest BCUT2D eigenvalue weighted by molar-refractivity contribution is -0.140. The summed E-state index contributed by atoms with van der Waals surface area (Å²) in [5.41, 5.74) is 9.31. The number of carbonyl (C=O) groups is 1. The molecule has 1 aromatic heterocycles. The average Bonchev–Trinajstić information content (AvgIpc) is 2.90. The number of hydrogen-bond acceptors (Lipinski definition) is 5. The molecule has 1 aliphatic rings. The van der Waals surface area contributed by atoms with E-state index in [1.807, 2.05) is 36.4 Å². The molecule has 0 spiro atoms. The number of nitrogen functional groups attached to an aromatic ring is 1. The van der Waals surface area contributed by atoms with Crippen molar-refractivity contribution >= 4 is 11.6 Å². The lowest BCUT2D eigenvalue weighted by Crippen LogP contribution is -2.40. The van der Waals surface area contributed by atoms with Crippen LogP contribution in [0.5, 0.6) is 0 Å². The van der Waals surface area contributed by atoms with Crippen molar-refractivity contribution in [2.24, 2.45) is 11.8 Å². The van der Waals surface area contributed by atoms with E-state index >= 15 is 0 Å². The minimum Gasteiger partial charge on any atom is -0.397 e. The Kier molecular flexibility index (Phi) is 8.81. The number of rotatable bonds is 7. The lowest BCUT2D eigenvalue weighted by Gasteiger charge is -2.36. The second-order valence-electron chi connectivity index (χ2n) is 9.47. The number of hydrogen-bond donors (Lipinski definition) is 1. The normalized spacial score (nSPS) is 19.0. The lowest BCUT2D eigenvalue weighted by atomic mass is 9.75. The topological polar surface area (TPSA) is 92.2 Å². The number of ether oxygens (including phenoxy) is 1. The molecule has 3 aromatic rings. The number of carbonyl (C=O) groups excluding carboxylic acids is 1. The second kappa shape index (κ2) is 12.4. The highest BCUT2D eigenvalue weighted by atomic mass is 19.3. The number of nitrogens with two attached hydrogens (primary N) is 1. The fraction of sp³-hybridized carbons (Fsp3) is 0.345. The van der Waals surface area contributed by atoms with Gasteiger partial charge < -0.3 is 15.4 Å². The molecule has 3 atom stereocenters. The van der Waals surface area contributed by atoms with Crippen LogP contribution in [0, 0.1) is 23.2 Å². The molecule has 6 nitrogen and oxygen atoms in total. The number of halogens is 2. The Balaban J connectivity index is 1.66. The summed E-state index contributed by atoms with van der Waals surface area (Å²) in [6.45, 7) is -2.24. The number of benzene rings is 2. The maximum Gasteiger partial charge on any atom is 0.345 e. The van der Waals surface area contributed by atoms with Crippen molar-refractivity contribution in [2.45, 2.75) is 31.8 Å². The molecular weight excluding hydrogens is 474 g/mol. The summed E-state index contributed by atoms with van der Waals surface area (Å²) in [6.07, 6.45) is 5.05. The van der Waals surface area contributed by atoms with E-state index in [-0.39, 0.29) is 30.3 Å². The fourth-order valence-corrected chi connectivity index (χ4v) is 5.23. The third-order valence-corrected chi connectivity index (χ3v) is 6.95. The van der Waals surface area contributed by atoms with Crippen molar-refractivity contribution in [1.82, 2.24) is 9.88 Å². The quantitative estimate of drug-likeness (QED) is 0.461. The number of nitriles is 1. The first-order chi connectivity index (χ1) is 17.9. The first-order valence-corrected chi connectivity index (χ1v) is 12.4. The number of aromatic nitrogens is 1. The summed E-state index contributed by atoms with van der Waals surface area (Å²) in [5.74, 6) is -0.392. The molecule has 1 amide bonds. The summed E-state index contributed by atoms with van der Waals surface area (Å²) < 4.78 is 30.5. The molecule has 192 valence electrons. The molecular formula is C29H30F2N4O2. The van der Waals surface area contributed by atoms with Crippen LogP contribution in [0.15, 0.2) is 73.1 Å². The standard InChI is InChI=1S/C29H30F2N4O2/c30-29(31)37-19-21-9-10-23(11-12-35(18-21)28(36)25-14-26(33)17-34-16-25)27(22-6-2-1-3-7-22)24-8-4-5-20(13-24)15-32/h1-8,13-14,16-17,21,23,27,29H,9-12,18-19,33H2/t21-,23?,27+/m0/s1. The van der Waals surface area contributed by atoms with Crippen molar-refractivity contribution < 1.29 is 18.3 Å². The molecule has 1 unspecified atom stereocenters. The van der Waals surface area contributed by atoms with Gasteiger partial charge in [0.25, 0.3) is 5.91 Å². The minimum atomic E-state index is -2.87. The van der Waals surface area contributed by atoms with Gasteiger partial charge in [0.05, 0.1) is 29.5 Å². The van der Waals surface area contributed by atoms with Crippen LogP contribution in [0.25, 0.3) is 0 Å². The predicted octanol–water partition coefficient (Wildman–Crippen LogP) is 5.47. The number of pyridine rings is 1. The Morgan fingerprint density at radius 2 is 1.86 bits per heavy atom. The van der Waals surface area contributed by atoms with Gasteiger partial charge in [-0.1, -0.05) is 42.5 Å². The average molecular weight is 505 g/mol. The summed E-state index contributed by atoms with van der Waals surface area (Å²) in [4.78, 5) is 19.1. The zero-order valence-corrected chi connectivity index (χ0v) is 20.5. The van der Waals surface area contributed by atoms with Crippen molar-refractivity contribution in [3.05, 3.63) is 95.3 Å².